The van der Waals surface area contributed by atoms with Crippen LogP contribution in [0.4, 0.5) is 79.0 Å². The van der Waals surface area contributed by atoms with E-state index >= 15 is 0 Å². The zero-order valence-corrected chi connectivity index (χ0v) is 35.5. The van der Waals surface area contributed by atoms with Gasteiger partial charge < -0.3 is 0 Å². The maximum Gasteiger partial charge on any atom is 0.438 e. The van der Waals surface area contributed by atoms with E-state index in [1.807, 2.05) is 0 Å². The summed E-state index contributed by atoms with van der Waals surface area (Å²) in [4.78, 5) is 0. The van der Waals surface area contributed by atoms with E-state index in [1.165, 1.54) is 0 Å². The Balaban J connectivity index is -0.000000253. The summed E-state index contributed by atoms with van der Waals surface area (Å²) in [5, 5.41) is -37.3. The summed E-state index contributed by atoms with van der Waals surface area (Å²) in [5.74, 6) is -21.0. The first-order valence-electron chi connectivity index (χ1n) is 13.6. The third-order valence-electron chi connectivity index (χ3n) is 7.76. The Hall–Kier alpha value is -1.82. The molecular formula is C21H38F18N4O16S8. The first-order chi connectivity index (χ1) is 26.3. The smallest absolute Gasteiger partial charge is 0.211 e. The summed E-state index contributed by atoms with van der Waals surface area (Å²) >= 11 is 0. The molecule has 4 heterocycles. The maximum absolute atomic E-state index is 13.0. The molecule has 0 radical (unpaired) electrons. The molecule has 0 aliphatic carbocycles. The molecule has 0 aromatic heterocycles. The highest BCUT2D eigenvalue weighted by Crippen LogP contribution is 2.60. The Labute approximate surface area is 372 Å². The van der Waals surface area contributed by atoms with Crippen molar-refractivity contribution in [1.82, 2.24) is 14.8 Å². The highest BCUT2D eigenvalue weighted by Gasteiger charge is 2.92. The minimum Gasteiger partial charge on any atom is -0.211 e. The molecule has 4 aliphatic rings. The maximum atomic E-state index is 13.0. The number of sulfonamides is 8. The molecule has 4 rings (SSSR count). The monoisotopic (exact) mass is 1200 g/mol. The van der Waals surface area contributed by atoms with E-state index in [4.69, 9.17) is 0 Å². The second-order valence-electron chi connectivity index (χ2n) is 11.4. The molecule has 46 heteroatoms. The third-order valence-corrected chi connectivity index (χ3v) is 25.4. The van der Waals surface area contributed by atoms with Gasteiger partial charge in [0.05, 0.1) is 11.5 Å². The van der Waals surface area contributed by atoms with Crippen LogP contribution in [0.2, 0.25) is 0 Å². The van der Waals surface area contributed by atoms with Crippen molar-refractivity contribution in [2.45, 2.75) is 92.8 Å². The van der Waals surface area contributed by atoms with Gasteiger partial charge in [-0.25, -0.2) is 67.3 Å². The minimum atomic E-state index is -7.17. The number of nitrogens with zero attached hydrogens (tertiary/aromatic N) is 4. The lowest BCUT2D eigenvalue weighted by Crippen LogP contribution is -2.70. The van der Waals surface area contributed by atoms with Crippen molar-refractivity contribution in [3.05, 3.63) is 0 Å². The topological polar surface area (TPSA) is 286 Å². The van der Waals surface area contributed by atoms with E-state index in [0.717, 1.165) is 7.05 Å². The molecule has 0 amide bonds. The van der Waals surface area contributed by atoms with Crippen molar-refractivity contribution in [3.63, 3.8) is 0 Å². The van der Waals surface area contributed by atoms with Gasteiger partial charge in [0.2, 0.25) is 20.0 Å². The fourth-order valence-corrected chi connectivity index (χ4v) is 17.1. The van der Waals surface area contributed by atoms with Gasteiger partial charge in [0, 0.05) is 28.2 Å². The first-order valence-corrected chi connectivity index (χ1v) is 25.5. The molecular weight excluding hydrogens is 1160 g/mol. The number of alkyl halides is 18. The average molecular weight is 1200 g/mol. The van der Waals surface area contributed by atoms with Gasteiger partial charge in [0.15, 0.2) is 0 Å². The van der Waals surface area contributed by atoms with Gasteiger partial charge in [-0.1, -0.05) is 52.0 Å². The normalized spacial score (nSPS) is 30.1. The van der Waals surface area contributed by atoms with E-state index in [2.05, 4.69) is 0 Å². The van der Waals surface area contributed by atoms with Crippen LogP contribution in [-0.4, -0.2) is 171 Å². The lowest BCUT2D eigenvalue weighted by atomic mass is 10.2. The number of hydrogen-bond donors (Lipinski definition) is 0. The molecule has 0 saturated carbocycles. The summed E-state index contributed by atoms with van der Waals surface area (Å²) in [5.41, 5.74) is 0. The average Bonchev–Trinajstić information content (AvgIpc) is 3.13. The van der Waals surface area contributed by atoms with Crippen molar-refractivity contribution in [1.29, 1.82) is 0 Å². The molecule has 0 atom stereocenters. The molecule has 0 unspecified atom stereocenters. The Morgan fingerprint density at radius 1 is 0.269 bits per heavy atom. The molecule has 0 N–H and O–H groups in total. The predicted octanol–water partition coefficient (Wildman–Crippen LogP) is 3.40. The molecule has 4 fully saturated rings. The fraction of sp³-hybridized carbons (Fsp3) is 1.00. The first kappa shape index (κ1) is 74.1. The van der Waals surface area contributed by atoms with Crippen LogP contribution in [0, 0.1) is 0 Å². The van der Waals surface area contributed by atoms with Crippen LogP contribution in [0.15, 0.2) is 0 Å². The van der Waals surface area contributed by atoms with Crippen molar-refractivity contribution in [3.8, 4) is 0 Å². The Morgan fingerprint density at radius 2 is 0.418 bits per heavy atom. The number of rotatable bonds is 0. The highest BCUT2D eigenvalue weighted by atomic mass is 32.3. The van der Waals surface area contributed by atoms with Gasteiger partial charge in [0.25, 0.3) is 40.1 Å². The van der Waals surface area contributed by atoms with Gasteiger partial charge >= 0.3 is 69.3 Å². The molecule has 0 aromatic rings. The zero-order chi connectivity index (χ0) is 50.9. The van der Waals surface area contributed by atoms with Crippen LogP contribution in [0.5, 0.6) is 0 Å². The molecule has 4 aliphatic heterocycles. The van der Waals surface area contributed by atoms with Gasteiger partial charge in [-0.2, -0.15) is 79.0 Å². The minimum absolute atomic E-state index is 0. The lowest BCUT2D eigenvalue weighted by molar-refractivity contribution is -0.324. The Morgan fingerprint density at radius 3 is 0.567 bits per heavy atom. The van der Waals surface area contributed by atoms with Gasteiger partial charge in [-0.05, 0) is 6.42 Å². The van der Waals surface area contributed by atoms with Gasteiger partial charge in [-0.15, -0.1) is 0 Å². The van der Waals surface area contributed by atoms with Crippen molar-refractivity contribution < 1.29 is 146 Å². The Kier molecular flexibility index (Phi) is 21.4. The van der Waals surface area contributed by atoms with Crippen molar-refractivity contribution in [2.75, 3.05) is 39.7 Å². The quantitative estimate of drug-likeness (QED) is 0.314. The second kappa shape index (κ2) is 19.3. The highest BCUT2D eigenvalue weighted by molar-refractivity contribution is 8.08. The molecule has 0 aromatic carbocycles. The summed E-state index contributed by atoms with van der Waals surface area (Å²) in [6.45, 7) is 0. The van der Waals surface area contributed by atoms with Crippen LogP contribution in [0.25, 0.3) is 0 Å². The summed E-state index contributed by atoms with van der Waals surface area (Å²) in [6, 6.07) is 0. The van der Waals surface area contributed by atoms with Crippen LogP contribution in [0.3, 0.4) is 0 Å². The van der Waals surface area contributed by atoms with E-state index in [0.29, 0.717) is 3.71 Å². The summed E-state index contributed by atoms with van der Waals surface area (Å²) < 4.78 is 398. The SMILES string of the molecule is C.C.C.C.C.CN1S(=O)(=O)C(F)(F)C(F)(F)C(F)(F)C(F)(F)S1(=O)=O.CN1S(=O)(=O)C(F)(F)C(F)(F)C(F)(F)S1(=O)=O.CN1S(=O)(=O)C(F)(F)C(F)(F)S1(=O)=O.CN1S(=O)(=O)CCCS1(=O)=O. The molecule has 67 heavy (non-hydrogen) atoms. The van der Waals surface area contributed by atoms with E-state index in [-0.39, 0.29) is 69.2 Å². The third kappa shape index (κ3) is 9.43. The second-order valence-corrected chi connectivity index (χ2v) is 28.6. The van der Waals surface area contributed by atoms with Crippen molar-refractivity contribution in [2.24, 2.45) is 0 Å². The number of hydrogen-bond acceptors (Lipinski definition) is 16. The predicted molar refractivity (Wildman–Crippen MR) is 195 cm³/mol. The molecule has 412 valence electrons. The van der Waals surface area contributed by atoms with Crippen molar-refractivity contribution >= 4 is 80.2 Å². The van der Waals surface area contributed by atoms with Crippen LogP contribution >= 0.6 is 0 Å². The van der Waals surface area contributed by atoms with Gasteiger partial charge in [-0.3, -0.25) is 0 Å². The molecule has 4 saturated heterocycles. The summed E-state index contributed by atoms with van der Waals surface area (Å²) in [6.07, 6.45) is 0.203. The standard InChI is InChI=1S/C5H3F8NO4S2.C4H3F6NO4S2.C4H9NO4S2.C3H3F4NO4S2.5CH4/c1-14-19(15,16)4(10,11)2(6,7)3(8,9)5(12,13)20(14,17)18;1-11-16(12,13)3(7,8)2(5,6)4(9,10)17(11,14)15;1-5-10(6,7)3-2-4-11(5,8)9;1-8-13(9,10)2(4,5)3(6,7)14(8,11)12;;;;;/h1H3;1H3;2-4H2,1H3;1H3;5*1H4. The molecule has 0 bridgehead atoms. The molecule has 20 nitrogen and oxygen atoms in total. The van der Waals surface area contributed by atoms with E-state index in [9.17, 15) is 146 Å². The number of halogens is 18. The van der Waals surface area contributed by atoms with Gasteiger partial charge in [0.1, 0.15) is 0 Å². The van der Waals surface area contributed by atoms with E-state index in [1.54, 1.807) is 0 Å². The van der Waals surface area contributed by atoms with E-state index < -0.39 is 148 Å². The van der Waals surface area contributed by atoms with Crippen LogP contribution in [0.1, 0.15) is 43.6 Å². The van der Waals surface area contributed by atoms with Crippen LogP contribution < -0.4 is 0 Å². The Bertz CT molecular complexity index is 2580. The summed E-state index contributed by atoms with van der Waals surface area (Å²) in [7, 11) is -45.2. The lowest BCUT2D eigenvalue weighted by Gasteiger charge is -2.39. The fourth-order valence-electron chi connectivity index (χ4n) is 3.69. The zero-order valence-electron chi connectivity index (χ0n) is 29.0. The van der Waals surface area contributed by atoms with Crippen LogP contribution in [-0.2, 0) is 80.2 Å². The molecule has 0 spiro atoms. The largest absolute Gasteiger partial charge is 0.438 e.